The van der Waals surface area contributed by atoms with Gasteiger partial charge in [0.05, 0.1) is 19.1 Å². The second-order valence-corrected chi connectivity index (χ2v) is 9.85. The summed E-state index contributed by atoms with van der Waals surface area (Å²) in [5.41, 5.74) is 0.868. The maximum Gasteiger partial charge on any atom is 0.244 e. The van der Waals surface area contributed by atoms with Crippen LogP contribution < -0.4 is 14.4 Å². The van der Waals surface area contributed by atoms with Crippen molar-refractivity contribution in [2.75, 3.05) is 30.8 Å². The van der Waals surface area contributed by atoms with Gasteiger partial charge in [-0.3, -0.25) is 13.9 Å². The van der Waals surface area contributed by atoms with Gasteiger partial charge >= 0.3 is 0 Å². The van der Waals surface area contributed by atoms with Gasteiger partial charge in [-0.25, -0.2) is 12.8 Å². The number of anilines is 1. The van der Waals surface area contributed by atoms with Crippen molar-refractivity contribution in [3.63, 3.8) is 0 Å². The number of hydrogen-bond donors (Lipinski definition) is 1. The molecule has 186 valence electrons. The van der Waals surface area contributed by atoms with Crippen LogP contribution in [0.2, 0.25) is 0 Å². The molecular weight excluding hydrogens is 461 g/mol. The van der Waals surface area contributed by atoms with Gasteiger partial charge in [0.2, 0.25) is 21.8 Å². The van der Waals surface area contributed by atoms with E-state index in [0.717, 1.165) is 23.4 Å². The van der Waals surface area contributed by atoms with Crippen molar-refractivity contribution < 1.29 is 27.1 Å². The van der Waals surface area contributed by atoms with E-state index in [4.69, 9.17) is 4.74 Å². The Hall–Kier alpha value is -3.14. The fraction of sp³-hybridized carbons (Fsp3) is 0.417. The van der Waals surface area contributed by atoms with Crippen LogP contribution in [0.4, 0.5) is 10.1 Å². The number of carbonyl (C=O) groups is 2. The number of sulfonamides is 1. The molecule has 1 atom stereocenters. The molecule has 10 heteroatoms. The number of hydrogen-bond acceptors (Lipinski definition) is 5. The highest BCUT2D eigenvalue weighted by Crippen LogP contribution is 2.23. The van der Waals surface area contributed by atoms with Gasteiger partial charge in [-0.15, -0.1) is 0 Å². The molecule has 2 aromatic carbocycles. The Balaban J connectivity index is 2.35. The number of benzene rings is 2. The van der Waals surface area contributed by atoms with Crippen molar-refractivity contribution in [3.8, 4) is 5.75 Å². The summed E-state index contributed by atoms with van der Waals surface area (Å²) in [6, 6.07) is 11.1. The zero-order valence-electron chi connectivity index (χ0n) is 20.0. The van der Waals surface area contributed by atoms with E-state index in [9.17, 15) is 22.4 Å². The number of nitrogens with zero attached hydrogens (tertiary/aromatic N) is 2. The van der Waals surface area contributed by atoms with Crippen LogP contribution in [0.15, 0.2) is 48.5 Å². The molecule has 0 radical (unpaired) electrons. The molecule has 0 saturated carbocycles. The van der Waals surface area contributed by atoms with Crippen LogP contribution in [0.1, 0.15) is 32.3 Å². The van der Waals surface area contributed by atoms with Gasteiger partial charge in [-0.05, 0) is 43.2 Å². The van der Waals surface area contributed by atoms with Crippen LogP contribution in [0.25, 0.3) is 0 Å². The van der Waals surface area contributed by atoms with Crippen LogP contribution in [0.5, 0.6) is 5.75 Å². The predicted octanol–water partition coefficient (Wildman–Crippen LogP) is 2.93. The molecule has 0 aliphatic carbocycles. The van der Waals surface area contributed by atoms with Crippen LogP contribution in [-0.4, -0.2) is 57.6 Å². The molecule has 0 aliphatic heterocycles. The second-order valence-electron chi connectivity index (χ2n) is 7.94. The van der Waals surface area contributed by atoms with E-state index in [1.807, 2.05) is 6.92 Å². The molecule has 0 aromatic heterocycles. The Kier molecular flexibility index (Phi) is 9.85. The number of rotatable bonds is 12. The summed E-state index contributed by atoms with van der Waals surface area (Å²) in [4.78, 5) is 27.4. The lowest BCUT2D eigenvalue weighted by Crippen LogP contribution is -2.51. The van der Waals surface area contributed by atoms with E-state index in [0.29, 0.717) is 17.9 Å². The highest BCUT2D eigenvalue weighted by Gasteiger charge is 2.30. The molecule has 0 spiro atoms. The van der Waals surface area contributed by atoms with Crippen LogP contribution in [-0.2, 0) is 26.2 Å². The molecule has 34 heavy (non-hydrogen) atoms. The molecule has 0 unspecified atom stereocenters. The Labute approximate surface area is 200 Å². The van der Waals surface area contributed by atoms with Gasteiger partial charge in [0.15, 0.2) is 0 Å². The van der Waals surface area contributed by atoms with Gasteiger partial charge < -0.3 is 15.0 Å². The number of amides is 2. The average Bonchev–Trinajstić information content (AvgIpc) is 2.80. The SMILES string of the molecule is CCCCNC(=O)[C@H](C)N(Cc1ccc(F)cc1)C(=O)CN(c1cccc(OC)c1)S(C)(=O)=O. The minimum Gasteiger partial charge on any atom is -0.497 e. The predicted molar refractivity (Wildman–Crippen MR) is 130 cm³/mol. The van der Waals surface area contributed by atoms with E-state index in [1.165, 1.54) is 42.3 Å². The summed E-state index contributed by atoms with van der Waals surface area (Å²) < 4.78 is 44.6. The zero-order valence-corrected chi connectivity index (χ0v) is 20.8. The quantitative estimate of drug-likeness (QED) is 0.459. The molecule has 2 amide bonds. The minimum absolute atomic E-state index is 0.0111. The van der Waals surface area contributed by atoms with E-state index < -0.39 is 34.3 Å². The van der Waals surface area contributed by atoms with Gasteiger partial charge in [-0.2, -0.15) is 0 Å². The van der Waals surface area contributed by atoms with Crippen molar-refractivity contribution >= 4 is 27.5 Å². The largest absolute Gasteiger partial charge is 0.497 e. The standard InChI is InChI=1S/C24H32FN3O5S/c1-5-6-14-26-24(30)18(2)27(16-19-10-12-20(25)13-11-19)23(29)17-28(34(4,31)32)21-8-7-9-22(15-21)33-3/h7-13,15,18H,5-6,14,16-17H2,1-4H3,(H,26,30)/t18-/m0/s1. The van der Waals surface area contributed by atoms with Gasteiger partial charge in [0.25, 0.3) is 0 Å². The summed E-state index contributed by atoms with van der Waals surface area (Å²) in [5, 5.41) is 2.80. The fourth-order valence-corrected chi connectivity index (χ4v) is 4.13. The zero-order chi connectivity index (χ0) is 25.3. The van der Waals surface area contributed by atoms with E-state index in [2.05, 4.69) is 5.32 Å². The second kappa shape index (κ2) is 12.4. The number of ether oxygens (including phenoxy) is 1. The van der Waals surface area contributed by atoms with Gasteiger partial charge in [0, 0.05) is 19.2 Å². The van der Waals surface area contributed by atoms with Crippen molar-refractivity contribution in [2.24, 2.45) is 0 Å². The lowest BCUT2D eigenvalue weighted by molar-refractivity contribution is -0.139. The molecule has 2 aromatic rings. The van der Waals surface area contributed by atoms with Crippen molar-refractivity contribution in [2.45, 2.75) is 39.3 Å². The van der Waals surface area contributed by atoms with E-state index in [1.54, 1.807) is 25.1 Å². The third-order valence-electron chi connectivity index (χ3n) is 5.28. The summed E-state index contributed by atoms with van der Waals surface area (Å²) in [6.07, 6.45) is 2.70. The number of methoxy groups -OCH3 is 1. The highest BCUT2D eigenvalue weighted by atomic mass is 32.2. The fourth-order valence-electron chi connectivity index (χ4n) is 3.28. The molecule has 0 saturated heterocycles. The summed E-state index contributed by atoms with van der Waals surface area (Å²) in [6.45, 7) is 3.55. The molecule has 1 N–H and O–H groups in total. The lowest BCUT2D eigenvalue weighted by Gasteiger charge is -2.31. The van der Waals surface area contributed by atoms with Crippen molar-refractivity contribution in [3.05, 3.63) is 59.9 Å². The lowest BCUT2D eigenvalue weighted by atomic mass is 10.1. The number of carbonyl (C=O) groups excluding carboxylic acids is 2. The smallest absolute Gasteiger partial charge is 0.244 e. The molecule has 8 nitrogen and oxygen atoms in total. The average molecular weight is 494 g/mol. The Morgan fingerprint density at radius 2 is 1.82 bits per heavy atom. The van der Waals surface area contributed by atoms with Gasteiger partial charge in [0.1, 0.15) is 24.2 Å². The normalized spacial score (nSPS) is 12.0. The van der Waals surface area contributed by atoms with Crippen LogP contribution in [0.3, 0.4) is 0 Å². The number of halogens is 1. The molecule has 2 rings (SSSR count). The summed E-state index contributed by atoms with van der Waals surface area (Å²) >= 11 is 0. The topological polar surface area (TPSA) is 96.0 Å². The Bertz CT molecular complexity index is 1080. The first-order valence-electron chi connectivity index (χ1n) is 11.0. The molecule has 0 bridgehead atoms. The molecule has 0 fully saturated rings. The van der Waals surface area contributed by atoms with Gasteiger partial charge in [-0.1, -0.05) is 31.5 Å². The molecule has 0 heterocycles. The first-order valence-corrected chi connectivity index (χ1v) is 12.8. The number of unbranched alkanes of at least 4 members (excludes halogenated alkanes) is 1. The maximum absolute atomic E-state index is 13.4. The highest BCUT2D eigenvalue weighted by molar-refractivity contribution is 7.92. The molecule has 0 aliphatic rings. The first-order chi connectivity index (χ1) is 16.1. The third kappa shape index (κ3) is 7.72. The van der Waals surface area contributed by atoms with E-state index in [-0.39, 0.29) is 18.1 Å². The maximum atomic E-state index is 13.4. The number of nitrogens with one attached hydrogen (secondary N) is 1. The summed E-state index contributed by atoms with van der Waals surface area (Å²) in [7, 11) is -2.38. The monoisotopic (exact) mass is 493 g/mol. The Morgan fingerprint density at radius 1 is 1.15 bits per heavy atom. The first kappa shape index (κ1) is 27.1. The van der Waals surface area contributed by atoms with Crippen molar-refractivity contribution in [1.29, 1.82) is 0 Å². The van der Waals surface area contributed by atoms with Crippen LogP contribution >= 0.6 is 0 Å². The van der Waals surface area contributed by atoms with E-state index >= 15 is 0 Å². The third-order valence-corrected chi connectivity index (χ3v) is 6.42. The van der Waals surface area contributed by atoms with Crippen molar-refractivity contribution in [1.82, 2.24) is 10.2 Å². The Morgan fingerprint density at radius 3 is 2.41 bits per heavy atom. The minimum atomic E-state index is -3.83. The molecular formula is C24H32FN3O5S. The summed E-state index contributed by atoms with van der Waals surface area (Å²) in [5.74, 6) is -0.911. The van der Waals surface area contributed by atoms with Crippen LogP contribution in [0, 0.1) is 5.82 Å².